The van der Waals surface area contributed by atoms with Crippen molar-refractivity contribution in [3.63, 3.8) is 0 Å². The van der Waals surface area contributed by atoms with Gasteiger partial charge in [-0.05, 0) is 17.0 Å². The highest BCUT2D eigenvalue weighted by atomic mass is 16.5. The molecule has 0 amide bonds. The monoisotopic (exact) mass is 292 g/mol. The third-order valence-electron chi connectivity index (χ3n) is 3.93. The fraction of sp³-hybridized carbons (Fsp3) is 0.647. The normalized spacial score (nSPS) is 18.1. The van der Waals surface area contributed by atoms with E-state index in [1.54, 1.807) is 0 Å². The molecule has 0 bridgehead atoms. The number of hydrogen-bond donors (Lipinski definition) is 2. The number of rotatable bonds is 7. The Balaban J connectivity index is 1.66. The summed E-state index contributed by atoms with van der Waals surface area (Å²) in [6, 6.07) is 8.70. The SMILES string of the molecule is CC(C)c1ccc(CNCC(O)CN2CCOCC2)cc1. The molecule has 1 aromatic rings. The zero-order valence-corrected chi connectivity index (χ0v) is 13.2. The maximum absolute atomic E-state index is 10.1. The highest BCUT2D eigenvalue weighted by Gasteiger charge is 2.14. The van der Waals surface area contributed by atoms with Crippen LogP contribution in [0.15, 0.2) is 24.3 Å². The first-order valence-electron chi connectivity index (χ1n) is 7.93. The molecule has 0 radical (unpaired) electrons. The fourth-order valence-corrected chi connectivity index (χ4v) is 2.55. The van der Waals surface area contributed by atoms with Gasteiger partial charge in [-0.15, -0.1) is 0 Å². The minimum Gasteiger partial charge on any atom is -0.390 e. The van der Waals surface area contributed by atoms with Crippen LogP contribution in [0.3, 0.4) is 0 Å². The molecular formula is C17H28N2O2. The Hall–Kier alpha value is -0.940. The number of morpholine rings is 1. The lowest BCUT2D eigenvalue weighted by Gasteiger charge is -2.28. The van der Waals surface area contributed by atoms with Crippen molar-refractivity contribution >= 4 is 0 Å². The molecule has 2 N–H and O–H groups in total. The van der Waals surface area contributed by atoms with Gasteiger partial charge in [-0.1, -0.05) is 38.1 Å². The second-order valence-electron chi connectivity index (χ2n) is 6.09. The zero-order valence-electron chi connectivity index (χ0n) is 13.2. The maximum atomic E-state index is 10.1. The van der Waals surface area contributed by atoms with Gasteiger partial charge in [0.15, 0.2) is 0 Å². The third-order valence-corrected chi connectivity index (χ3v) is 3.93. The fourth-order valence-electron chi connectivity index (χ4n) is 2.55. The molecule has 1 fully saturated rings. The molecule has 1 aliphatic rings. The highest BCUT2D eigenvalue weighted by Crippen LogP contribution is 2.14. The molecule has 0 saturated carbocycles. The molecule has 118 valence electrons. The molecule has 0 aliphatic carbocycles. The van der Waals surface area contributed by atoms with Crippen molar-refractivity contribution < 1.29 is 9.84 Å². The van der Waals surface area contributed by atoms with E-state index < -0.39 is 0 Å². The number of aliphatic hydroxyl groups excluding tert-OH is 1. The molecule has 1 heterocycles. The van der Waals surface area contributed by atoms with E-state index in [1.807, 2.05) is 0 Å². The van der Waals surface area contributed by atoms with Crippen molar-refractivity contribution in [2.24, 2.45) is 0 Å². The number of nitrogens with zero attached hydrogens (tertiary/aromatic N) is 1. The molecule has 0 spiro atoms. The van der Waals surface area contributed by atoms with E-state index in [0.717, 1.165) is 39.4 Å². The summed E-state index contributed by atoms with van der Waals surface area (Å²) >= 11 is 0. The van der Waals surface area contributed by atoms with Gasteiger partial charge in [0.2, 0.25) is 0 Å². The summed E-state index contributed by atoms with van der Waals surface area (Å²) in [5.74, 6) is 0.572. The van der Waals surface area contributed by atoms with E-state index in [0.29, 0.717) is 12.5 Å². The van der Waals surface area contributed by atoms with Crippen LogP contribution in [-0.2, 0) is 11.3 Å². The van der Waals surface area contributed by atoms with Crippen LogP contribution < -0.4 is 5.32 Å². The molecule has 1 aliphatic heterocycles. The highest BCUT2D eigenvalue weighted by molar-refractivity contribution is 5.24. The van der Waals surface area contributed by atoms with Gasteiger partial charge in [-0.3, -0.25) is 4.90 Å². The lowest BCUT2D eigenvalue weighted by Crippen LogP contribution is -2.43. The van der Waals surface area contributed by atoms with E-state index in [1.165, 1.54) is 11.1 Å². The smallest absolute Gasteiger partial charge is 0.0791 e. The van der Waals surface area contributed by atoms with Crippen LogP contribution in [0.1, 0.15) is 30.9 Å². The molecule has 0 aromatic heterocycles. The van der Waals surface area contributed by atoms with Gasteiger partial charge in [-0.2, -0.15) is 0 Å². The Morgan fingerprint density at radius 3 is 2.48 bits per heavy atom. The van der Waals surface area contributed by atoms with Gasteiger partial charge < -0.3 is 15.2 Å². The molecule has 1 saturated heterocycles. The van der Waals surface area contributed by atoms with Gasteiger partial charge in [-0.25, -0.2) is 0 Å². The second-order valence-corrected chi connectivity index (χ2v) is 6.09. The van der Waals surface area contributed by atoms with Gasteiger partial charge >= 0.3 is 0 Å². The largest absolute Gasteiger partial charge is 0.390 e. The molecule has 1 aromatic carbocycles. The van der Waals surface area contributed by atoms with Crippen molar-refractivity contribution in [2.75, 3.05) is 39.4 Å². The van der Waals surface area contributed by atoms with E-state index in [-0.39, 0.29) is 6.10 Å². The van der Waals surface area contributed by atoms with Crippen LogP contribution in [0.4, 0.5) is 0 Å². The number of nitrogens with one attached hydrogen (secondary N) is 1. The summed E-state index contributed by atoms with van der Waals surface area (Å²) in [5, 5.41) is 13.4. The molecule has 1 unspecified atom stereocenters. The summed E-state index contributed by atoms with van der Waals surface area (Å²) in [6.07, 6.45) is -0.321. The van der Waals surface area contributed by atoms with Crippen LogP contribution in [0.25, 0.3) is 0 Å². The zero-order chi connectivity index (χ0) is 15.1. The maximum Gasteiger partial charge on any atom is 0.0791 e. The predicted octanol–water partition coefficient (Wildman–Crippen LogP) is 1.59. The molecule has 4 nitrogen and oxygen atoms in total. The Bertz CT molecular complexity index is 400. The summed E-state index contributed by atoms with van der Waals surface area (Å²) in [5.41, 5.74) is 2.63. The summed E-state index contributed by atoms with van der Waals surface area (Å²) in [4.78, 5) is 2.26. The van der Waals surface area contributed by atoms with Gasteiger partial charge in [0, 0.05) is 32.7 Å². The number of hydrogen-bond acceptors (Lipinski definition) is 4. The van der Waals surface area contributed by atoms with Gasteiger partial charge in [0.1, 0.15) is 0 Å². The van der Waals surface area contributed by atoms with E-state index in [9.17, 15) is 5.11 Å². The molecule has 4 heteroatoms. The van der Waals surface area contributed by atoms with Crippen LogP contribution in [0.2, 0.25) is 0 Å². The summed E-state index contributed by atoms with van der Waals surface area (Å²) in [7, 11) is 0. The summed E-state index contributed by atoms with van der Waals surface area (Å²) < 4.78 is 5.31. The van der Waals surface area contributed by atoms with E-state index >= 15 is 0 Å². The second kappa shape index (κ2) is 8.49. The van der Waals surface area contributed by atoms with E-state index in [2.05, 4.69) is 48.3 Å². The first-order valence-corrected chi connectivity index (χ1v) is 7.93. The average Bonchev–Trinajstić information content (AvgIpc) is 2.49. The Labute approximate surface area is 128 Å². The molecule has 2 rings (SSSR count). The van der Waals surface area contributed by atoms with Crippen LogP contribution in [0, 0.1) is 0 Å². The minimum atomic E-state index is -0.321. The standard InChI is InChI=1S/C17H28N2O2/c1-14(2)16-5-3-15(4-6-16)11-18-12-17(20)13-19-7-9-21-10-8-19/h3-6,14,17-18,20H,7-13H2,1-2H3. The summed E-state index contributed by atoms with van der Waals surface area (Å²) in [6.45, 7) is 9.97. The van der Waals surface area contributed by atoms with Crippen molar-refractivity contribution in [3.8, 4) is 0 Å². The first kappa shape index (κ1) is 16.4. The van der Waals surface area contributed by atoms with Crippen LogP contribution in [-0.4, -0.2) is 55.5 Å². The molecule has 21 heavy (non-hydrogen) atoms. The molecule has 1 atom stereocenters. The lowest BCUT2D eigenvalue weighted by molar-refractivity contribution is 0.0149. The topological polar surface area (TPSA) is 44.7 Å². The number of aliphatic hydroxyl groups is 1. The third kappa shape index (κ3) is 5.75. The van der Waals surface area contributed by atoms with Crippen molar-refractivity contribution in [1.82, 2.24) is 10.2 Å². The lowest BCUT2D eigenvalue weighted by atomic mass is 10.0. The van der Waals surface area contributed by atoms with E-state index in [4.69, 9.17) is 4.74 Å². The number of ether oxygens (including phenoxy) is 1. The molecular weight excluding hydrogens is 264 g/mol. The van der Waals surface area contributed by atoms with Crippen LogP contribution in [0.5, 0.6) is 0 Å². The van der Waals surface area contributed by atoms with Crippen molar-refractivity contribution in [3.05, 3.63) is 35.4 Å². The number of β-amino-alcohol motifs (C(OH)–C–C–N with tert-alkyl or cyclic N) is 1. The van der Waals surface area contributed by atoms with Crippen molar-refractivity contribution in [2.45, 2.75) is 32.4 Å². The quantitative estimate of drug-likeness (QED) is 0.801. The first-order chi connectivity index (χ1) is 10.1. The predicted molar refractivity (Wildman–Crippen MR) is 85.5 cm³/mol. The van der Waals surface area contributed by atoms with Gasteiger partial charge in [0.05, 0.1) is 19.3 Å². The Morgan fingerprint density at radius 1 is 1.19 bits per heavy atom. The Morgan fingerprint density at radius 2 is 1.86 bits per heavy atom. The van der Waals surface area contributed by atoms with Crippen LogP contribution >= 0.6 is 0 Å². The minimum absolute atomic E-state index is 0.321. The van der Waals surface area contributed by atoms with Gasteiger partial charge in [0.25, 0.3) is 0 Å². The Kier molecular flexibility index (Phi) is 6.64. The van der Waals surface area contributed by atoms with Crippen molar-refractivity contribution in [1.29, 1.82) is 0 Å². The number of benzene rings is 1. The average molecular weight is 292 g/mol.